The molecule has 2 amide bonds. The van der Waals surface area contributed by atoms with Gasteiger partial charge in [-0.1, -0.05) is 37.8 Å². The van der Waals surface area contributed by atoms with E-state index >= 15 is 0 Å². The third kappa shape index (κ3) is 4.18. The van der Waals surface area contributed by atoms with Crippen molar-refractivity contribution in [3.63, 3.8) is 0 Å². The van der Waals surface area contributed by atoms with Gasteiger partial charge in [0.2, 0.25) is 11.8 Å². The normalized spacial score (nSPS) is 19.1. The number of amides is 2. The first kappa shape index (κ1) is 19.8. The van der Waals surface area contributed by atoms with E-state index < -0.39 is 17.2 Å². The van der Waals surface area contributed by atoms with Gasteiger partial charge >= 0.3 is 0 Å². The second-order valence-electron chi connectivity index (χ2n) is 6.24. The number of nitrogens with zero attached hydrogens (tertiary/aromatic N) is 3. The Kier molecular flexibility index (Phi) is 6.62. The summed E-state index contributed by atoms with van der Waals surface area (Å²) in [5, 5.41) is 21.6. The first-order chi connectivity index (χ1) is 11.2. The molecule has 0 aliphatic carbocycles. The molecule has 0 saturated carbocycles. The Hall–Kier alpha value is -2.25. The fourth-order valence-electron chi connectivity index (χ4n) is 2.46. The third-order valence-corrected chi connectivity index (χ3v) is 4.85. The molecule has 0 unspecified atom stereocenters. The molecule has 7 heteroatoms. The molecule has 128 valence electrons. The maximum Gasteiger partial charge on any atom is 0.243 e. The molecule has 0 radical (unpaired) electrons. The van der Waals surface area contributed by atoms with Crippen LogP contribution in [0.4, 0.5) is 0 Å². The Balaban J connectivity index is 2.97. The van der Waals surface area contributed by atoms with Gasteiger partial charge in [0.05, 0.1) is 28.5 Å². The standard InChI is InChI=1S/C17H22N4O2S/c1-6-21(9-11(2)3)14(22)10-24-16-13(8-19)17(4,5)12(7-18)15(23)20-16/h12H,2,6,9-10H2,1,3-5H3,(H,20,23)/t12-/m1/s1. The van der Waals surface area contributed by atoms with Crippen molar-refractivity contribution in [2.24, 2.45) is 11.3 Å². The lowest BCUT2D eigenvalue weighted by molar-refractivity contribution is -0.128. The van der Waals surface area contributed by atoms with E-state index in [1.165, 1.54) is 0 Å². The van der Waals surface area contributed by atoms with Gasteiger partial charge in [0, 0.05) is 18.5 Å². The number of allylic oxidation sites excluding steroid dienone is 1. The van der Waals surface area contributed by atoms with Gasteiger partial charge in [-0.15, -0.1) is 0 Å². The maximum absolute atomic E-state index is 12.3. The van der Waals surface area contributed by atoms with Gasteiger partial charge in [-0.2, -0.15) is 10.5 Å². The van der Waals surface area contributed by atoms with Crippen molar-refractivity contribution in [3.05, 3.63) is 22.8 Å². The molecule has 0 bridgehead atoms. The third-order valence-electron chi connectivity index (χ3n) is 3.87. The van der Waals surface area contributed by atoms with Gasteiger partial charge in [0.15, 0.2) is 0 Å². The van der Waals surface area contributed by atoms with Crippen molar-refractivity contribution in [1.82, 2.24) is 10.2 Å². The average Bonchev–Trinajstić information content (AvgIpc) is 2.49. The molecular formula is C17H22N4O2S. The van der Waals surface area contributed by atoms with Crippen LogP contribution in [0.1, 0.15) is 27.7 Å². The van der Waals surface area contributed by atoms with Gasteiger partial charge in [-0.05, 0) is 13.8 Å². The lowest BCUT2D eigenvalue weighted by Crippen LogP contribution is -2.44. The Morgan fingerprint density at radius 3 is 2.54 bits per heavy atom. The van der Waals surface area contributed by atoms with Crippen LogP contribution in [-0.2, 0) is 9.59 Å². The average molecular weight is 346 g/mol. The van der Waals surface area contributed by atoms with Crippen LogP contribution in [0.5, 0.6) is 0 Å². The van der Waals surface area contributed by atoms with Gasteiger partial charge in [-0.25, -0.2) is 0 Å². The SMILES string of the molecule is C=C(C)CN(CC)C(=O)CSC1=C(C#N)C(C)(C)[C@H](C#N)C(=O)N1. The van der Waals surface area contributed by atoms with Gasteiger partial charge in [-0.3, -0.25) is 9.59 Å². The molecule has 0 saturated heterocycles. The minimum atomic E-state index is -0.928. The molecule has 1 rings (SSSR count). The van der Waals surface area contributed by atoms with Gasteiger partial charge in [0.25, 0.3) is 0 Å². The summed E-state index contributed by atoms with van der Waals surface area (Å²) in [7, 11) is 0. The minimum Gasteiger partial charge on any atom is -0.338 e. The molecule has 0 spiro atoms. The summed E-state index contributed by atoms with van der Waals surface area (Å²) in [6.45, 7) is 12.0. The number of nitriles is 2. The van der Waals surface area contributed by atoms with E-state index in [2.05, 4.69) is 18.0 Å². The molecule has 0 aromatic heterocycles. The molecule has 24 heavy (non-hydrogen) atoms. The van der Waals surface area contributed by atoms with Crippen LogP contribution in [0.3, 0.4) is 0 Å². The van der Waals surface area contributed by atoms with E-state index in [-0.39, 0.29) is 11.7 Å². The van der Waals surface area contributed by atoms with Crippen molar-refractivity contribution in [1.29, 1.82) is 10.5 Å². The highest BCUT2D eigenvalue weighted by molar-refractivity contribution is 8.03. The fourth-order valence-corrected chi connectivity index (χ4v) is 3.54. The predicted octanol–water partition coefficient (Wildman–Crippen LogP) is 2.18. The van der Waals surface area contributed by atoms with Crippen LogP contribution in [0.25, 0.3) is 0 Å². The molecule has 0 fully saturated rings. The second-order valence-corrected chi connectivity index (χ2v) is 7.23. The molecule has 0 aromatic carbocycles. The summed E-state index contributed by atoms with van der Waals surface area (Å²) in [6, 6.07) is 4.03. The molecule has 6 nitrogen and oxygen atoms in total. The summed E-state index contributed by atoms with van der Waals surface area (Å²) in [5.41, 5.74) is 0.324. The number of hydrogen-bond acceptors (Lipinski definition) is 5. The van der Waals surface area contributed by atoms with Crippen molar-refractivity contribution in [2.45, 2.75) is 27.7 Å². The van der Waals surface area contributed by atoms with E-state index in [1.807, 2.05) is 19.9 Å². The zero-order valence-electron chi connectivity index (χ0n) is 14.5. The Morgan fingerprint density at radius 1 is 1.46 bits per heavy atom. The number of thioether (sulfide) groups is 1. The van der Waals surface area contributed by atoms with Crippen LogP contribution in [-0.4, -0.2) is 35.6 Å². The Bertz CT molecular complexity index is 667. The molecule has 1 N–H and O–H groups in total. The van der Waals surface area contributed by atoms with E-state index in [0.29, 0.717) is 23.7 Å². The van der Waals surface area contributed by atoms with E-state index in [9.17, 15) is 20.1 Å². The molecule has 1 atom stereocenters. The largest absolute Gasteiger partial charge is 0.338 e. The number of carbonyl (C=O) groups excluding carboxylic acids is 2. The molecular weight excluding hydrogens is 324 g/mol. The monoisotopic (exact) mass is 346 g/mol. The van der Waals surface area contributed by atoms with Crippen molar-refractivity contribution >= 4 is 23.6 Å². The predicted molar refractivity (Wildman–Crippen MR) is 93.2 cm³/mol. The number of likely N-dealkylation sites (N-methyl/N-ethyl adjacent to an activating group) is 1. The van der Waals surface area contributed by atoms with Crippen molar-refractivity contribution < 1.29 is 9.59 Å². The molecule has 1 aliphatic rings. The first-order valence-corrected chi connectivity index (χ1v) is 8.57. The highest BCUT2D eigenvalue weighted by Crippen LogP contribution is 2.41. The lowest BCUT2D eigenvalue weighted by Gasteiger charge is -2.34. The first-order valence-electron chi connectivity index (χ1n) is 7.59. The summed E-state index contributed by atoms with van der Waals surface area (Å²) < 4.78 is 0. The van der Waals surface area contributed by atoms with E-state index in [0.717, 1.165) is 17.3 Å². The summed E-state index contributed by atoms with van der Waals surface area (Å²) in [4.78, 5) is 26.1. The molecule has 1 heterocycles. The van der Waals surface area contributed by atoms with Crippen molar-refractivity contribution in [2.75, 3.05) is 18.8 Å². The number of carbonyl (C=O) groups is 2. The minimum absolute atomic E-state index is 0.0928. The van der Waals surface area contributed by atoms with E-state index in [4.69, 9.17) is 0 Å². The van der Waals surface area contributed by atoms with Crippen LogP contribution >= 0.6 is 11.8 Å². The van der Waals surface area contributed by atoms with Crippen LogP contribution in [0, 0.1) is 34.0 Å². The Labute approximate surface area is 147 Å². The fraction of sp³-hybridized carbons (Fsp3) is 0.529. The van der Waals surface area contributed by atoms with Gasteiger partial charge in [0.1, 0.15) is 5.92 Å². The van der Waals surface area contributed by atoms with Crippen LogP contribution < -0.4 is 5.32 Å². The number of hydrogen-bond donors (Lipinski definition) is 1. The van der Waals surface area contributed by atoms with Crippen molar-refractivity contribution in [3.8, 4) is 12.1 Å². The Morgan fingerprint density at radius 2 is 2.08 bits per heavy atom. The topological polar surface area (TPSA) is 97.0 Å². The van der Waals surface area contributed by atoms with Gasteiger partial charge < -0.3 is 10.2 Å². The smallest absolute Gasteiger partial charge is 0.243 e. The summed E-state index contributed by atoms with van der Waals surface area (Å²) >= 11 is 1.12. The summed E-state index contributed by atoms with van der Waals surface area (Å²) in [6.07, 6.45) is 0. The van der Waals surface area contributed by atoms with E-state index in [1.54, 1.807) is 18.7 Å². The number of rotatable bonds is 6. The highest BCUT2D eigenvalue weighted by Gasteiger charge is 2.44. The zero-order chi connectivity index (χ0) is 18.5. The maximum atomic E-state index is 12.3. The number of nitrogens with one attached hydrogen (secondary N) is 1. The molecule has 1 aliphatic heterocycles. The second kappa shape index (κ2) is 8.03. The van der Waals surface area contributed by atoms with Crippen LogP contribution in [0.2, 0.25) is 0 Å². The molecule has 0 aromatic rings. The lowest BCUT2D eigenvalue weighted by atomic mass is 9.72. The van der Waals surface area contributed by atoms with Crippen LogP contribution in [0.15, 0.2) is 22.8 Å². The summed E-state index contributed by atoms with van der Waals surface area (Å²) in [5.74, 6) is -1.35. The highest BCUT2D eigenvalue weighted by atomic mass is 32.2. The quantitative estimate of drug-likeness (QED) is 0.743. The zero-order valence-corrected chi connectivity index (χ0v) is 15.3.